The molecule has 0 aromatic heterocycles. The van der Waals surface area contributed by atoms with Crippen molar-refractivity contribution in [1.82, 2.24) is 4.90 Å². The van der Waals surface area contributed by atoms with E-state index in [2.05, 4.69) is 6.08 Å². The van der Waals surface area contributed by atoms with Crippen molar-refractivity contribution in [2.75, 3.05) is 13.1 Å². The summed E-state index contributed by atoms with van der Waals surface area (Å²) >= 11 is 0. The van der Waals surface area contributed by atoms with Crippen LogP contribution in [0.15, 0.2) is 11.6 Å². The molecular formula is C18H29NO3. The van der Waals surface area contributed by atoms with E-state index in [1.165, 1.54) is 18.4 Å². The van der Waals surface area contributed by atoms with Crippen molar-refractivity contribution < 1.29 is 14.3 Å². The summed E-state index contributed by atoms with van der Waals surface area (Å²) in [6.07, 6.45) is 9.84. The third-order valence-corrected chi connectivity index (χ3v) is 4.46. The molecule has 2 aliphatic rings. The quantitative estimate of drug-likeness (QED) is 0.577. The Morgan fingerprint density at radius 2 is 2.14 bits per heavy atom. The van der Waals surface area contributed by atoms with Gasteiger partial charge in [0.05, 0.1) is 12.5 Å². The van der Waals surface area contributed by atoms with Gasteiger partial charge in [-0.2, -0.15) is 0 Å². The van der Waals surface area contributed by atoms with E-state index in [0.717, 1.165) is 32.2 Å². The number of likely N-dealkylation sites (tertiary alicyclic amines) is 1. The number of carbonyl (C=O) groups excluding carboxylic acids is 2. The number of piperidine rings is 1. The molecule has 0 saturated carbocycles. The largest absolute Gasteiger partial charge is 0.463 e. The van der Waals surface area contributed by atoms with E-state index in [0.29, 0.717) is 19.4 Å². The Hall–Kier alpha value is -1.32. The van der Waals surface area contributed by atoms with E-state index in [9.17, 15) is 9.59 Å². The second kappa shape index (κ2) is 8.35. The van der Waals surface area contributed by atoms with Crippen LogP contribution in [-0.4, -0.2) is 36.0 Å². The molecule has 0 bridgehead atoms. The molecule has 22 heavy (non-hydrogen) atoms. The van der Waals surface area contributed by atoms with Crippen LogP contribution in [0.25, 0.3) is 0 Å². The van der Waals surface area contributed by atoms with E-state index >= 15 is 0 Å². The molecule has 4 nitrogen and oxygen atoms in total. The summed E-state index contributed by atoms with van der Waals surface area (Å²) in [6, 6.07) is 0. The minimum atomic E-state index is -0.135. The van der Waals surface area contributed by atoms with E-state index in [1.54, 1.807) is 0 Å². The van der Waals surface area contributed by atoms with Crippen LogP contribution in [0.4, 0.5) is 0 Å². The van der Waals surface area contributed by atoms with Crippen molar-refractivity contribution in [2.45, 2.75) is 71.3 Å². The average Bonchev–Trinajstić information content (AvgIpc) is 2.47. The molecule has 0 N–H and O–H groups in total. The summed E-state index contributed by atoms with van der Waals surface area (Å²) in [5, 5.41) is 0. The Bertz CT molecular complexity index is 428. The van der Waals surface area contributed by atoms with Crippen LogP contribution in [0.1, 0.15) is 65.2 Å². The second-order valence-corrected chi connectivity index (χ2v) is 6.88. The van der Waals surface area contributed by atoms with Gasteiger partial charge in [-0.1, -0.05) is 11.6 Å². The molecule has 1 aliphatic heterocycles. The lowest BCUT2D eigenvalue weighted by Gasteiger charge is -2.33. The smallest absolute Gasteiger partial charge is 0.306 e. The third-order valence-electron chi connectivity index (χ3n) is 4.46. The number of allylic oxidation sites excluding steroid dienone is 1. The number of rotatable bonds is 5. The van der Waals surface area contributed by atoms with Gasteiger partial charge in [-0.15, -0.1) is 0 Å². The predicted octanol–water partition coefficient (Wildman–Crippen LogP) is 3.46. The van der Waals surface area contributed by atoms with Gasteiger partial charge in [0.2, 0.25) is 5.91 Å². The number of hydrogen-bond donors (Lipinski definition) is 0. The lowest BCUT2D eigenvalue weighted by molar-refractivity contribution is -0.149. The molecule has 0 radical (unpaired) electrons. The van der Waals surface area contributed by atoms with Gasteiger partial charge in [-0.05, 0) is 58.3 Å². The van der Waals surface area contributed by atoms with Crippen LogP contribution in [0.2, 0.25) is 0 Å². The standard InChI is InChI=1S/C18H29NO3/c1-14(2)22-18(21)12-16-9-6-10-19(13-16)17(20)11-15-7-4-3-5-8-15/h7,14,16H,3-6,8-13H2,1-2H3. The molecule has 1 aliphatic carbocycles. The molecule has 0 aromatic rings. The van der Waals surface area contributed by atoms with Crippen molar-refractivity contribution in [3.63, 3.8) is 0 Å². The lowest BCUT2D eigenvalue weighted by Crippen LogP contribution is -2.40. The van der Waals surface area contributed by atoms with Gasteiger partial charge >= 0.3 is 5.97 Å². The van der Waals surface area contributed by atoms with Crippen LogP contribution in [0, 0.1) is 5.92 Å². The average molecular weight is 307 g/mol. The van der Waals surface area contributed by atoms with Crippen LogP contribution in [0.5, 0.6) is 0 Å². The molecule has 124 valence electrons. The zero-order chi connectivity index (χ0) is 15.9. The van der Waals surface area contributed by atoms with Crippen LogP contribution in [-0.2, 0) is 14.3 Å². The highest BCUT2D eigenvalue weighted by atomic mass is 16.5. The van der Waals surface area contributed by atoms with E-state index in [1.807, 2.05) is 18.7 Å². The molecule has 0 aromatic carbocycles. The summed E-state index contributed by atoms with van der Waals surface area (Å²) in [5.74, 6) is 0.351. The van der Waals surface area contributed by atoms with Crippen molar-refractivity contribution >= 4 is 11.9 Å². The van der Waals surface area contributed by atoms with Gasteiger partial charge in [0, 0.05) is 19.5 Å². The Labute approximate surface area is 133 Å². The molecule has 1 amide bonds. The molecule has 1 fully saturated rings. The van der Waals surface area contributed by atoms with Crippen LogP contribution >= 0.6 is 0 Å². The Morgan fingerprint density at radius 3 is 2.82 bits per heavy atom. The number of esters is 1. The van der Waals surface area contributed by atoms with E-state index in [4.69, 9.17) is 4.74 Å². The topological polar surface area (TPSA) is 46.6 Å². The fourth-order valence-electron chi connectivity index (χ4n) is 3.38. The SMILES string of the molecule is CC(C)OC(=O)CC1CCCN(C(=O)CC2=CCCCC2)C1. The minimum absolute atomic E-state index is 0.0629. The fraction of sp³-hybridized carbons (Fsp3) is 0.778. The summed E-state index contributed by atoms with van der Waals surface area (Å²) in [6.45, 7) is 5.28. The first-order valence-electron chi connectivity index (χ1n) is 8.69. The lowest BCUT2D eigenvalue weighted by atomic mass is 9.93. The first-order valence-corrected chi connectivity index (χ1v) is 8.69. The maximum absolute atomic E-state index is 12.4. The van der Waals surface area contributed by atoms with Gasteiger partial charge < -0.3 is 9.64 Å². The van der Waals surface area contributed by atoms with E-state index < -0.39 is 0 Å². The number of ether oxygens (including phenoxy) is 1. The molecule has 0 spiro atoms. The minimum Gasteiger partial charge on any atom is -0.463 e. The summed E-state index contributed by atoms with van der Waals surface area (Å²) < 4.78 is 5.22. The van der Waals surface area contributed by atoms with E-state index in [-0.39, 0.29) is 23.9 Å². The fourth-order valence-corrected chi connectivity index (χ4v) is 3.38. The Kier molecular flexibility index (Phi) is 6.47. The maximum Gasteiger partial charge on any atom is 0.306 e. The van der Waals surface area contributed by atoms with Crippen LogP contribution in [0.3, 0.4) is 0 Å². The van der Waals surface area contributed by atoms with Crippen molar-refractivity contribution in [1.29, 1.82) is 0 Å². The van der Waals surface area contributed by atoms with Gasteiger partial charge in [-0.3, -0.25) is 9.59 Å². The first-order chi connectivity index (χ1) is 10.5. The normalized spacial score (nSPS) is 22.4. The van der Waals surface area contributed by atoms with Crippen molar-refractivity contribution in [3.8, 4) is 0 Å². The van der Waals surface area contributed by atoms with Gasteiger partial charge in [0.1, 0.15) is 0 Å². The molecule has 2 rings (SSSR count). The highest BCUT2D eigenvalue weighted by Gasteiger charge is 2.26. The summed E-state index contributed by atoms with van der Waals surface area (Å²) in [5.41, 5.74) is 1.30. The summed E-state index contributed by atoms with van der Waals surface area (Å²) in [4.78, 5) is 26.2. The van der Waals surface area contributed by atoms with Crippen molar-refractivity contribution in [2.24, 2.45) is 5.92 Å². The van der Waals surface area contributed by atoms with Crippen LogP contribution < -0.4 is 0 Å². The molecule has 1 unspecified atom stereocenters. The summed E-state index contributed by atoms with van der Waals surface area (Å²) in [7, 11) is 0. The Balaban J connectivity index is 1.80. The highest BCUT2D eigenvalue weighted by molar-refractivity contribution is 5.79. The van der Waals surface area contributed by atoms with Gasteiger partial charge in [0.15, 0.2) is 0 Å². The Morgan fingerprint density at radius 1 is 1.32 bits per heavy atom. The highest BCUT2D eigenvalue weighted by Crippen LogP contribution is 2.24. The number of carbonyl (C=O) groups is 2. The predicted molar refractivity (Wildman–Crippen MR) is 86.3 cm³/mol. The number of nitrogens with zero attached hydrogens (tertiary/aromatic N) is 1. The molecular weight excluding hydrogens is 278 g/mol. The zero-order valence-corrected chi connectivity index (χ0v) is 14.0. The number of amides is 1. The molecule has 1 atom stereocenters. The maximum atomic E-state index is 12.4. The monoisotopic (exact) mass is 307 g/mol. The zero-order valence-electron chi connectivity index (χ0n) is 14.0. The third kappa shape index (κ3) is 5.47. The molecule has 1 heterocycles. The van der Waals surface area contributed by atoms with Gasteiger partial charge in [0.25, 0.3) is 0 Å². The first kappa shape index (κ1) is 17.0. The van der Waals surface area contributed by atoms with Gasteiger partial charge in [-0.25, -0.2) is 0 Å². The molecule has 4 heteroatoms. The second-order valence-electron chi connectivity index (χ2n) is 6.88. The van der Waals surface area contributed by atoms with Crippen molar-refractivity contribution in [3.05, 3.63) is 11.6 Å². The molecule has 1 saturated heterocycles. The number of hydrogen-bond acceptors (Lipinski definition) is 3.